The number of hydrogen-bond donors (Lipinski definition) is 5. The molecule has 1 fully saturated rings. The molecule has 1 aromatic carbocycles. The molecule has 11 nitrogen and oxygen atoms in total. The van der Waals surface area contributed by atoms with E-state index in [1.165, 1.54) is 4.90 Å². The van der Waals surface area contributed by atoms with E-state index in [4.69, 9.17) is 5.73 Å². The van der Waals surface area contributed by atoms with Crippen LogP contribution in [0.4, 0.5) is 10.1 Å². The SMILES string of the molecule is CN(C)c1cc(CN2CCC(F)CC2)c(O)c2c1C[C@H]1C[C@H]3[C@H](N(C)C)C(O)=C(C(N)=O)C(=O)[C@@]3(O)C(O)=C1C2=O. The van der Waals surface area contributed by atoms with E-state index in [0.29, 0.717) is 42.7 Å². The predicted octanol–water partition coefficient (Wildman–Crippen LogP) is 1.12. The number of Topliss-reactive ketones (excluding diaryl/α,β-unsaturated/α-hetero) is 2. The number of piperidine rings is 1. The molecule has 4 aliphatic rings. The number of halogens is 1. The maximum atomic E-state index is 14.1. The van der Waals surface area contributed by atoms with Crippen LogP contribution in [0.5, 0.6) is 5.75 Å². The summed E-state index contributed by atoms with van der Waals surface area (Å²) in [5.74, 6) is -6.73. The number of likely N-dealkylation sites (tertiary alicyclic amines) is 1. The molecule has 6 N–H and O–H groups in total. The number of rotatable bonds is 5. The summed E-state index contributed by atoms with van der Waals surface area (Å²) in [6.45, 7) is 1.29. The van der Waals surface area contributed by atoms with E-state index in [-0.39, 0.29) is 36.3 Å². The van der Waals surface area contributed by atoms with Gasteiger partial charge in [0, 0.05) is 56.5 Å². The number of hydrogen-bond acceptors (Lipinski definition) is 10. The first-order chi connectivity index (χ1) is 19.2. The van der Waals surface area contributed by atoms with Crippen LogP contribution in [-0.2, 0) is 22.6 Å². The quantitative estimate of drug-likeness (QED) is 0.323. The number of amides is 1. The fourth-order valence-electron chi connectivity index (χ4n) is 7.17. The third-order valence-corrected chi connectivity index (χ3v) is 9.17. The van der Waals surface area contributed by atoms with E-state index in [0.717, 1.165) is 0 Å². The van der Waals surface area contributed by atoms with Gasteiger partial charge >= 0.3 is 0 Å². The first-order valence-corrected chi connectivity index (χ1v) is 13.8. The summed E-state index contributed by atoms with van der Waals surface area (Å²) in [6.07, 6.45) is 0.137. The van der Waals surface area contributed by atoms with Crippen molar-refractivity contribution in [1.82, 2.24) is 9.80 Å². The Morgan fingerprint density at radius 2 is 1.78 bits per heavy atom. The van der Waals surface area contributed by atoms with Crippen LogP contribution in [-0.4, -0.2) is 107 Å². The van der Waals surface area contributed by atoms with Crippen molar-refractivity contribution in [3.05, 3.63) is 45.4 Å². The van der Waals surface area contributed by atoms with Crippen LogP contribution in [0, 0.1) is 11.8 Å². The predicted molar refractivity (Wildman–Crippen MR) is 147 cm³/mol. The van der Waals surface area contributed by atoms with Crippen molar-refractivity contribution in [3.63, 3.8) is 0 Å². The minimum Gasteiger partial charge on any atom is -0.510 e. The third-order valence-electron chi connectivity index (χ3n) is 9.17. The Morgan fingerprint density at radius 3 is 2.34 bits per heavy atom. The van der Waals surface area contributed by atoms with Crippen molar-refractivity contribution < 1.29 is 39.2 Å². The molecule has 0 saturated carbocycles. The maximum Gasteiger partial charge on any atom is 0.255 e. The molecule has 1 heterocycles. The van der Waals surface area contributed by atoms with E-state index in [1.807, 2.05) is 30.0 Å². The summed E-state index contributed by atoms with van der Waals surface area (Å²) in [6, 6.07) is 0.773. The lowest BCUT2D eigenvalue weighted by molar-refractivity contribution is -0.148. The maximum absolute atomic E-state index is 14.1. The minimum absolute atomic E-state index is 0.0210. The van der Waals surface area contributed by atoms with Crippen LogP contribution in [0.15, 0.2) is 28.7 Å². The number of allylic oxidation sites excluding steroid dienone is 1. The average Bonchev–Trinajstić information content (AvgIpc) is 2.88. The van der Waals surface area contributed by atoms with Gasteiger partial charge in [-0.05, 0) is 57.3 Å². The number of nitrogens with zero attached hydrogens (tertiary/aromatic N) is 3. The van der Waals surface area contributed by atoms with E-state index >= 15 is 0 Å². The van der Waals surface area contributed by atoms with Crippen LogP contribution in [0.1, 0.15) is 40.7 Å². The molecule has 0 spiro atoms. The molecule has 0 radical (unpaired) electrons. The molecule has 1 saturated heterocycles. The van der Waals surface area contributed by atoms with Gasteiger partial charge in [0.05, 0.1) is 11.6 Å². The largest absolute Gasteiger partial charge is 0.510 e. The second-order valence-electron chi connectivity index (χ2n) is 12.1. The van der Waals surface area contributed by atoms with Gasteiger partial charge in [-0.2, -0.15) is 0 Å². The number of fused-ring (bicyclic) bond motifs is 3. The summed E-state index contributed by atoms with van der Waals surface area (Å²) in [5, 5.41) is 45.6. The van der Waals surface area contributed by atoms with E-state index in [9.17, 15) is 39.2 Å². The van der Waals surface area contributed by atoms with Crippen LogP contribution in [0.25, 0.3) is 0 Å². The van der Waals surface area contributed by atoms with Gasteiger partial charge < -0.3 is 31.1 Å². The molecule has 0 bridgehead atoms. The topological polar surface area (TPSA) is 168 Å². The molecule has 41 heavy (non-hydrogen) atoms. The highest BCUT2D eigenvalue weighted by molar-refractivity contribution is 6.24. The summed E-state index contributed by atoms with van der Waals surface area (Å²) in [7, 11) is 6.81. The van der Waals surface area contributed by atoms with Gasteiger partial charge in [-0.3, -0.25) is 24.2 Å². The van der Waals surface area contributed by atoms with Crippen LogP contribution >= 0.6 is 0 Å². The number of anilines is 1. The van der Waals surface area contributed by atoms with Crippen LogP contribution < -0.4 is 10.6 Å². The van der Waals surface area contributed by atoms with Gasteiger partial charge in [0.2, 0.25) is 5.78 Å². The summed E-state index contributed by atoms with van der Waals surface area (Å²) in [4.78, 5) is 45.1. The first kappa shape index (κ1) is 29.0. The molecule has 5 rings (SSSR count). The Balaban J connectivity index is 1.65. The zero-order valence-electron chi connectivity index (χ0n) is 23.6. The van der Waals surface area contributed by atoms with E-state index in [2.05, 4.69) is 0 Å². The van der Waals surface area contributed by atoms with Crippen molar-refractivity contribution in [2.75, 3.05) is 46.2 Å². The normalized spacial score (nSPS) is 29.0. The second-order valence-corrected chi connectivity index (χ2v) is 12.1. The molecule has 12 heteroatoms. The number of nitrogens with two attached hydrogens (primary N) is 1. The zero-order chi connectivity index (χ0) is 30.1. The summed E-state index contributed by atoms with van der Waals surface area (Å²) < 4.78 is 13.7. The molecule has 4 atom stereocenters. The zero-order valence-corrected chi connectivity index (χ0v) is 23.6. The van der Waals surface area contributed by atoms with Crippen molar-refractivity contribution in [1.29, 1.82) is 0 Å². The molecule has 1 amide bonds. The Morgan fingerprint density at radius 1 is 1.15 bits per heavy atom. The number of aliphatic hydroxyl groups excluding tert-OH is 2. The van der Waals surface area contributed by atoms with Gasteiger partial charge in [0.25, 0.3) is 5.91 Å². The van der Waals surface area contributed by atoms with E-state index < -0.39 is 64.2 Å². The van der Waals surface area contributed by atoms with Gasteiger partial charge in [0.15, 0.2) is 11.4 Å². The number of ketones is 2. The van der Waals surface area contributed by atoms with Crippen molar-refractivity contribution in [3.8, 4) is 5.75 Å². The number of benzene rings is 1. The highest BCUT2D eigenvalue weighted by atomic mass is 19.1. The number of carbonyl (C=O) groups excluding carboxylic acids is 3. The van der Waals surface area contributed by atoms with E-state index in [1.54, 1.807) is 14.1 Å². The van der Waals surface area contributed by atoms with Gasteiger partial charge in [0.1, 0.15) is 29.0 Å². The standard InChI is InChI=1S/C29H37FN4O7/c1-32(2)18-11-14(12-34-7-5-15(30)6-8-34)23(35)20-16(18)9-13-10-17-22(33(3)4)25(37)21(28(31)40)27(39)29(17,41)26(38)19(13)24(20)36/h11,13,15,17,22,35,37-38,41H,5-10,12H2,1-4H3,(H2,31,40)/t13-,17-,22-,29-/m0/s1. The number of aromatic hydroxyl groups is 1. The number of likely N-dealkylation sites (N-methyl/N-ethyl adjacent to an activating group) is 1. The number of phenolic OH excluding ortho intramolecular Hbond substituents is 1. The Bertz CT molecular complexity index is 1400. The highest BCUT2D eigenvalue weighted by Crippen LogP contribution is 2.53. The third kappa shape index (κ3) is 4.31. The highest BCUT2D eigenvalue weighted by Gasteiger charge is 2.63. The number of phenols is 1. The number of aliphatic hydroxyl groups is 3. The van der Waals surface area contributed by atoms with Crippen molar-refractivity contribution >= 4 is 23.2 Å². The molecule has 0 unspecified atom stereocenters. The number of alkyl halides is 1. The lowest BCUT2D eigenvalue weighted by atomic mass is 9.58. The lowest BCUT2D eigenvalue weighted by Gasteiger charge is -2.50. The van der Waals surface area contributed by atoms with Crippen LogP contribution in [0.2, 0.25) is 0 Å². The van der Waals surface area contributed by atoms with Crippen molar-refractivity contribution in [2.45, 2.75) is 50.0 Å². The Labute approximate surface area is 237 Å². The second kappa shape index (κ2) is 10.1. The molecule has 1 aliphatic heterocycles. The average molecular weight is 573 g/mol. The van der Waals surface area contributed by atoms with Crippen molar-refractivity contribution in [2.24, 2.45) is 17.6 Å². The lowest BCUT2D eigenvalue weighted by Crippen LogP contribution is -2.63. The fraction of sp³-hybridized carbons (Fsp3) is 0.552. The fourth-order valence-corrected chi connectivity index (χ4v) is 7.17. The molecule has 1 aromatic rings. The molecule has 222 valence electrons. The minimum atomic E-state index is -2.68. The van der Waals surface area contributed by atoms with Crippen LogP contribution in [0.3, 0.4) is 0 Å². The first-order valence-electron chi connectivity index (χ1n) is 13.8. The van der Waals surface area contributed by atoms with Gasteiger partial charge in [-0.15, -0.1) is 0 Å². The Kier molecular flexibility index (Phi) is 7.16. The van der Waals surface area contributed by atoms with Gasteiger partial charge in [-0.1, -0.05) is 0 Å². The smallest absolute Gasteiger partial charge is 0.255 e. The molecule has 3 aliphatic carbocycles. The molecular weight excluding hydrogens is 535 g/mol. The molecular formula is C29H37FN4O7. The summed E-state index contributed by atoms with van der Waals surface area (Å²) >= 11 is 0. The molecule has 0 aromatic heterocycles. The van der Waals surface area contributed by atoms with Gasteiger partial charge in [-0.25, -0.2) is 4.39 Å². The monoisotopic (exact) mass is 572 g/mol. The number of primary amides is 1. The summed E-state index contributed by atoms with van der Waals surface area (Å²) in [5.41, 5.74) is 3.39. The number of carbonyl (C=O) groups is 3. The Hall–Kier alpha value is -3.48.